The molecular weight excluding hydrogens is 349 g/mol. The van der Waals surface area contributed by atoms with Gasteiger partial charge in [-0.3, -0.25) is 9.59 Å². The van der Waals surface area contributed by atoms with E-state index in [1.165, 1.54) is 6.07 Å². The molecule has 1 aromatic carbocycles. The third-order valence-electron chi connectivity index (χ3n) is 5.74. The van der Waals surface area contributed by atoms with Crippen LogP contribution in [0.5, 0.6) is 0 Å². The lowest BCUT2D eigenvalue weighted by Gasteiger charge is -2.19. The van der Waals surface area contributed by atoms with Gasteiger partial charge in [0, 0.05) is 24.3 Å². The van der Waals surface area contributed by atoms with Crippen LogP contribution >= 0.6 is 0 Å². The first-order valence-corrected chi connectivity index (χ1v) is 9.20. The zero-order valence-corrected chi connectivity index (χ0v) is 15.5. The smallest absolute Gasteiger partial charge is 0.311 e. The van der Waals surface area contributed by atoms with Crippen molar-refractivity contribution in [3.8, 4) is 5.69 Å². The second-order valence-electron chi connectivity index (χ2n) is 7.84. The van der Waals surface area contributed by atoms with E-state index >= 15 is 0 Å². The van der Waals surface area contributed by atoms with Crippen LogP contribution in [0.2, 0.25) is 0 Å². The molecule has 0 bridgehead atoms. The highest BCUT2D eigenvalue weighted by molar-refractivity contribution is 5.95. The summed E-state index contributed by atoms with van der Waals surface area (Å²) < 4.78 is 16.0. The number of hydrogen-bond acceptors (Lipinski definition) is 3. The molecule has 1 unspecified atom stereocenters. The predicted molar refractivity (Wildman–Crippen MR) is 96.5 cm³/mol. The van der Waals surface area contributed by atoms with Crippen molar-refractivity contribution in [1.29, 1.82) is 0 Å². The highest BCUT2D eigenvalue weighted by atomic mass is 19.1. The van der Waals surface area contributed by atoms with Crippen molar-refractivity contribution >= 4 is 11.9 Å². The van der Waals surface area contributed by atoms with Gasteiger partial charge in [-0.05, 0) is 57.2 Å². The number of rotatable bonds is 3. The normalized spacial score (nSPS) is 21.5. The molecule has 1 saturated heterocycles. The summed E-state index contributed by atoms with van der Waals surface area (Å²) in [4.78, 5) is 26.1. The number of carboxylic acids is 1. The molecule has 1 aliphatic heterocycles. The van der Waals surface area contributed by atoms with E-state index in [1.54, 1.807) is 22.6 Å². The summed E-state index contributed by atoms with van der Waals surface area (Å²) >= 11 is 0. The second-order valence-corrected chi connectivity index (χ2v) is 7.84. The number of aliphatic carboxylic acids is 1. The molecule has 4 rings (SSSR count). The number of fused-ring (bicyclic) bond motifs is 1. The Morgan fingerprint density at radius 2 is 2.07 bits per heavy atom. The summed E-state index contributed by atoms with van der Waals surface area (Å²) in [5.41, 5.74) is 2.31. The molecule has 0 radical (unpaired) electrons. The fourth-order valence-electron chi connectivity index (χ4n) is 4.05. The quantitative estimate of drug-likeness (QED) is 0.900. The third-order valence-corrected chi connectivity index (χ3v) is 5.74. The van der Waals surface area contributed by atoms with Gasteiger partial charge in [-0.25, -0.2) is 9.07 Å². The van der Waals surface area contributed by atoms with Crippen molar-refractivity contribution in [2.24, 2.45) is 5.41 Å². The van der Waals surface area contributed by atoms with E-state index < -0.39 is 11.4 Å². The molecule has 0 saturated carbocycles. The first kappa shape index (κ1) is 17.7. The Bertz CT molecular complexity index is 952. The minimum Gasteiger partial charge on any atom is -0.481 e. The Morgan fingerprint density at radius 3 is 2.74 bits per heavy atom. The molecule has 1 atom stereocenters. The molecule has 1 amide bonds. The van der Waals surface area contributed by atoms with Gasteiger partial charge in [0.15, 0.2) is 5.69 Å². The molecule has 0 spiro atoms. The Balaban J connectivity index is 1.71. The van der Waals surface area contributed by atoms with Gasteiger partial charge in [-0.1, -0.05) is 6.07 Å². The SMILES string of the molecule is Cc1ccc(-n2nc(C(=O)N3CCC(C)(C(=O)O)C3)c3c2CCC3)c(F)c1. The van der Waals surface area contributed by atoms with E-state index in [-0.39, 0.29) is 18.3 Å². The molecule has 1 fully saturated rings. The molecule has 1 aliphatic carbocycles. The van der Waals surface area contributed by atoms with Crippen LogP contribution in [0.25, 0.3) is 5.69 Å². The summed E-state index contributed by atoms with van der Waals surface area (Å²) in [6, 6.07) is 4.96. The van der Waals surface area contributed by atoms with Crippen molar-refractivity contribution in [3.05, 3.63) is 46.5 Å². The number of aryl methyl sites for hydroxylation is 1. The van der Waals surface area contributed by atoms with E-state index in [0.717, 1.165) is 36.1 Å². The van der Waals surface area contributed by atoms with Crippen molar-refractivity contribution in [3.63, 3.8) is 0 Å². The number of carbonyl (C=O) groups excluding carboxylic acids is 1. The van der Waals surface area contributed by atoms with Crippen molar-refractivity contribution in [2.45, 2.75) is 39.5 Å². The van der Waals surface area contributed by atoms with Crippen LogP contribution in [0.1, 0.15) is 47.1 Å². The van der Waals surface area contributed by atoms with E-state index in [9.17, 15) is 19.1 Å². The van der Waals surface area contributed by atoms with E-state index in [0.29, 0.717) is 24.3 Å². The summed E-state index contributed by atoms with van der Waals surface area (Å²) in [5, 5.41) is 13.9. The Kier molecular flexibility index (Phi) is 4.05. The van der Waals surface area contributed by atoms with Crippen LogP contribution in [0.15, 0.2) is 18.2 Å². The Hall–Kier alpha value is -2.70. The lowest BCUT2D eigenvalue weighted by Crippen LogP contribution is -2.35. The largest absolute Gasteiger partial charge is 0.481 e. The average Bonchev–Trinajstić information content (AvgIpc) is 3.30. The average molecular weight is 371 g/mol. The second kappa shape index (κ2) is 6.18. The Labute approximate surface area is 156 Å². The van der Waals surface area contributed by atoms with Gasteiger partial charge in [0.1, 0.15) is 11.5 Å². The molecular formula is C20H22FN3O3. The molecule has 1 N–H and O–H groups in total. The van der Waals surface area contributed by atoms with Gasteiger partial charge in [0.05, 0.1) is 5.41 Å². The van der Waals surface area contributed by atoms with Gasteiger partial charge in [0.2, 0.25) is 0 Å². The number of carbonyl (C=O) groups is 2. The number of likely N-dealkylation sites (tertiary alicyclic amines) is 1. The Morgan fingerprint density at radius 1 is 1.30 bits per heavy atom. The van der Waals surface area contributed by atoms with E-state index in [1.807, 2.05) is 13.0 Å². The summed E-state index contributed by atoms with van der Waals surface area (Å²) in [6.45, 7) is 4.04. The molecule has 2 aliphatic rings. The molecule has 27 heavy (non-hydrogen) atoms. The van der Waals surface area contributed by atoms with Crippen LogP contribution in [0.3, 0.4) is 0 Å². The number of amides is 1. The van der Waals surface area contributed by atoms with Gasteiger partial charge < -0.3 is 10.0 Å². The standard InChI is InChI=1S/C20H22FN3O3/c1-12-6-7-16(14(21)10-12)24-15-5-3-4-13(15)17(22-24)18(25)23-9-8-20(2,11-23)19(26)27/h6-7,10H,3-5,8-9,11H2,1-2H3,(H,26,27). The summed E-state index contributed by atoms with van der Waals surface area (Å²) in [5.74, 6) is -1.52. The van der Waals surface area contributed by atoms with Crippen LogP contribution in [-0.4, -0.2) is 44.8 Å². The molecule has 2 aromatic rings. The number of benzene rings is 1. The van der Waals surface area contributed by atoms with Crippen LogP contribution in [-0.2, 0) is 17.6 Å². The number of aromatic nitrogens is 2. The van der Waals surface area contributed by atoms with Crippen LogP contribution in [0, 0.1) is 18.2 Å². The summed E-state index contributed by atoms with van der Waals surface area (Å²) in [6.07, 6.45) is 2.79. The maximum atomic E-state index is 14.5. The van der Waals surface area contributed by atoms with Crippen LogP contribution in [0.4, 0.5) is 4.39 Å². The fraction of sp³-hybridized carbons (Fsp3) is 0.450. The zero-order valence-electron chi connectivity index (χ0n) is 15.5. The predicted octanol–water partition coefficient (Wildman–Crippen LogP) is 2.75. The molecule has 142 valence electrons. The number of hydrogen-bond donors (Lipinski definition) is 1. The van der Waals surface area contributed by atoms with E-state index in [4.69, 9.17) is 0 Å². The fourth-order valence-corrected chi connectivity index (χ4v) is 4.05. The monoisotopic (exact) mass is 371 g/mol. The van der Waals surface area contributed by atoms with Gasteiger partial charge >= 0.3 is 5.97 Å². The number of carboxylic acid groups (broad SMARTS) is 1. The topological polar surface area (TPSA) is 75.4 Å². The third kappa shape index (κ3) is 2.81. The molecule has 7 heteroatoms. The van der Waals surface area contributed by atoms with Crippen molar-refractivity contribution < 1.29 is 19.1 Å². The highest BCUT2D eigenvalue weighted by Gasteiger charge is 2.43. The van der Waals surface area contributed by atoms with Crippen molar-refractivity contribution in [2.75, 3.05) is 13.1 Å². The molecule has 2 heterocycles. The highest BCUT2D eigenvalue weighted by Crippen LogP contribution is 2.34. The lowest BCUT2D eigenvalue weighted by molar-refractivity contribution is -0.147. The number of halogens is 1. The number of nitrogens with zero attached hydrogens (tertiary/aromatic N) is 3. The first-order valence-electron chi connectivity index (χ1n) is 9.20. The van der Waals surface area contributed by atoms with Gasteiger partial charge in [0.25, 0.3) is 5.91 Å². The van der Waals surface area contributed by atoms with Gasteiger partial charge in [-0.2, -0.15) is 5.10 Å². The van der Waals surface area contributed by atoms with Gasteiger partial charge in [-0.15, -0.1) is 0 Å². The van der Waals surface area contributed by atoms with Crippen molar-refractivity contribution in [1.82, 2.24) is 14.7 Å². The minimum atomic E-state index is -0.926. The van der Waals surface area contributed by atoms with Crippen LogP contribution < -0.4 is 0 Å². The summed E-state index contributed by atoms with van der Waals surface area (Å²) in [7, 11) is 0. The molecule has 6 nitrogen and oxygen atoms in total. The lowest BCUT2D eigenvalue weighted by atomic mass is 9.90. The molecule has 1 aromatic heterocycles. The minimum absolute atomic E-state index is 0.168. The maximum Gasteiger partial charge on any atom is 0.311 e. The first-order chi connectivity index (χ1) is 12.8. The maximum absolute atomic E-state index is 14.5. The zero-order chi connectivity index (χ0) is 19.3. The van der Waals surface area contributed by atoms with E-state index in [2.05, 4.69) is 5.10 Å².